The summed E-state index contributed by atoms with van der Waals surface area (Å²) in [5.41, 5.74) is -0.755. The fraction of sp³-hybridized carbons (Fsp3) is 0.929. The Hall–Kier alpha value is -0.220. The lowest BCUT2D eigenvalue weighted by Gasteiger charge is -2.26. The van der Waals surface area contributed by atoms with Crippen LogP contribution in [0.25, 0.3) is 0 Å². The largest absolute Gasteiger partial charge is 0.480 e. The van der Waals surface area contributed by atoms with E-state index in [1.807, 2.05) is 11.8 Å². The maximum absolute atomic E-state index is 11.3. The summed E-state index contributed by atoms with van der Waals surface area (Å²) in [5.74, 6) is 2.27. The predicted molar refractivity (Wildman–Crippen MR) is 80.3 cm³/mol. The van der Waals surface area contributed by atoms with Gasteiger partial charge < -0.3 is 10.4 Å². The third kappa shape index (κ3) is 7.98. The summed E-state index contributed by atoms with van der Waals surface area (Å²) < 4.78 is 0. The summed E-state index contributed by atoms with van der Waals surface area (Å²) in [6.45, 7) is 9.08. The minimum absolute atomic E-state index is 0.705. The molecule has 1 unspecified atom stereocenters. The van der Waals surface area contributed by atoms with Crippen LogP contribution in [-0.4, -0.2) is 34.7 Å². The van der Waals surface area contributed by atoms with E-state index in [-0.39, 0.29) is 0 Å². The molecule has 2 N–H and O–H groups in total. The number of carbonyl (C=O) groups is 1. The summed E-state index contributed by atoms with van der Waals surface area (Å²) in [6, 6.07) is 0. The molecule has 0 heterocycles. The van der Waals surface area contributed by atoms with E-state index in [1.54, 1.807) is 6.92 Å². The minimum Gasteiger partial charge on any atom is -0.480 e. The van der Waals surface area contributed by atoms with Gasteiger partial charge in [0.2, 0.25) is 0 Å². The number of carboxylic acid groups (broad SMARTS) is 1. The second-order valence-electron chi connectivity index (χ2n) is 5.46. The first-order valence-corrected chi connectivity index (χ1v) is 8.14. The highest BCUT2D eigenvalue weighted by Gasteiger charge is 2.31. The van der Waals surface area contributed by atoms with Crippen LogP contribution in [0.5, 0.6) is 0 Å². The Labute approximate surface area is 116 Å². The Morgan fingerprint density at radius 3 is 2.56 bits per heavy atom. The quantitative estimate of drug-likeness (QED) is 0.568. The van der Waals surface area contributed by atoms with Gasteiger partial charge in [0.25, 0.3) is 0 Å². The van der Waals surface area contributed by atoms with Gasteiger partial charge in [-0.1, -0.05) is 20.8 Å². The number of rotatable bonds is 11. The van der Waals surface area contributed by atoms with Crippen LogP contribution in [0.15, 0.2) is 0 Å². The molecule has 3 nitrogen and oxygen atoms in total. The fourth-order valence-corrected chi connectivity index (χ4v) is 2.81. The molecular formula is C14H29NO2S. The zero-order valence-electron chi connectivity index (χ0n) is 12.3. The molecule has 0 aromatic rings. The number of hydrogen-bond acceptors (Lipinski definition) is 3. The van der Waals surface area contributed by atoms with Crippen molar-refractivity contribution < 1.29 is 9.90 Å². The molecule has 108 valence electrons. The maximum Gasteiger partial charge on any atom is 0.323 e. The van der Waals surface area contributed by atoms with Crippen LogP contribution < -0.4 is 5.32 Å². The molecule has 0 rings (SSSR count). The van der Waals surface area contributed by atoms with Crippen molar-refractivity contribution in [1.82, 2.24) is 5.32 Å². The Balaban J connectivity index is 3.80. The first kappa shape index (κ1) is 17.8. The zero-order chi connectivity index (χ0) is 14.0. The van der Waals surface area contributed by atoms with E-state index >= 15 is 0 Å². The van der Waals surface area contributed by atoms with Crippen molar-refractivity contribution in [2.45, 2.75) is 58.9 Å². The first-order chi connectivity index (χ1) is 8.42. The van der Waals surface area contributed by atoms with E-state index in [0.29, 0.717) is 6.42 Å². The van der Waals surface area contributed by atoms with Crippen LogP contribution in [0.3, 0.4) is 0 Å². The van der Waals surface area contributed by atoms with Gasteiger partial charge in [-0.05, 0) is 56.6 Å². The lowest BCUT2D eigenvalue weighted by Crippen LogP contribution is -2.49. The molecule has 0 aromatic heterocycles. The van der Waals surface area contributed by atoms with E-state index in [4.69, 9.17) is 0 Å². The molecule has 4 heteroatoms. The van der Waals surface area contributed by atoms with Gasteiger partial charge >= 0.3 is 5.97 Å². The van der Waals surface area contributed by atoms with Crippen LogP contribution in [0.2, 0.25) is 0 Å². The second-order valence-corrected chi connectivity index (χ2v) is 6.69. The molecule has 0 bridgehead atoms. The molecule has 0 fully saturated rings. The Morgan fingerprint density at radius 1 is 1.39 bits per heavy atom. The standard InChI is InChI=1S/C14H29NO2S/c1-5-9-15-14(4,13(16)17)8-6-10-18-11-7-12(2)3/h12,15H,5-11H2,1-4H3,(H,16,17). The lowest BCUT2D eigenvalue weighted by atomic mass is 9.96. The number of thioether (sulfide) groups is 1. The van der Waals surface area contributed by atoms with Crippen LogP contribution in [0.4, 0.5) is 0 Å². The van der Waals surface area contributed by atoms with Crippen molar-refractivity contribution in [2.75, 3.05) is 18.1 Å². The first-order valence-electron chi connectivity index (χ1n) is 6.98. The summed E-state index contributed by atoms with van der Waals surface area (Å²) >= 11 is 1.94. The van der Waals surface area contributed by atoms with E-state index in [9.17, 15) is 9.90 Å². The van der Waals surface area contributed by atoms with Crippen molar-refractivity contribution in [2.24, 2.45) is 5.92 Å². The third-order valence-electron chi connectivity index (χ3n) is 3.04. The number of carboxylic acids is 1. The molecule has 1 atom stereocenters. The summed E-state index contributed by atoms with van der Waals surface area (Å²) in [6.07, 6.45) is 3.88. The molecule has 0 aromatic carbocycles. The summed E-state index contributed by atoms with van der Waals surface area (Å²) in [7, 11) is 0. The van der Waals surface area contributed by atoms with Gasteiger partial charge in [-0.25, -0.2) is 0 Å². The lowest BCUT2D eigenvalue weighted by molar-refractivity contribution is -0.144. The van der Waals surface area contributed by atoms with Crippen LogP contribution in [0, 0.1) is 5.92 Å². The molecule has 0 radical (unpaired) electrons. The van der Waals surface area contributed by atoms with Crippen molar-refractivity contribution in [3.63, 3.8) is 0 Å². The summed E-state index contributed by atoms with van der Waals surface area (Å²) in [4.78, 5) is 11.3. The van der Waals surface area contributed by atoms with Crippen LogP contribution in [0.1, 0.15) is 53.4 Å². The Bertz CT molecular complexity index is 234. The number of hydrogen-bond donors (Lipinski definition) is 2. The Kier molecular flexibility index (Phi) is 9.56. The van der Waals surface area contributed by atoms with Crippen LogP contribution >= 0.6 is 11.8 Å². The average molecular weight is 275 g/mol. The predicted octanol–water partition coefficient (Wildman–Crippen LogP) is 3.39. The monoisotopic (exact) mass is 275 g/mol. The second kappa shape index (κ2) is 9.68. The normalized spacial score (nSPS) is 14.7. The number of nitrogens with one attached hydrogen (secondary N) is 1. The topological polar surface area (TPSA) is 49.3 Å². The molecule has 0 amide bonds. The molecule has 0 aliphatic carbocycles. The molecule has 0 spiro atoms. The highest BCUT2D eigenvalue weighted by atomic mass is 32.2. The molecule has 0 saturated carbocycles. The van der Waals surface area contributed by atoms with E-state index < -0.39 is 11.5 Å². The van der Waals surface area contributed by atoms with Crippen molar-refractivity contribution in [3.8, 4) is 0 Å². The van der Waals surface area contributed by atoms with Gasteiger partial charge in [-0.2, -0.15) is 11.8 Å². The highest BCUT2D eigenvalue weighted by Crippen LogP contribution is 2.17. The van der Waals surface area contributed by atoms with Gasteiger partial charge in [0.05, 0.1) is 0 Å². The Morgan fingerprint density at radius 2 is 2.06 bits per heavy atom. The third-order valence-corrected chi connectivity index (χ3v) is 4.14. The van der Waals surface area contributed by atoms with Crippen molar-refractivity contribution in [1.29, 1.82) is 0 Å². The number of aliphatic carboxylic acids is 1. The molecule has 0 aliphatic rings. The van der Waals surface area contributed by atoms with Crippen LogP contribution in [-0.2, 0) is 4.79 Å². The van der Waals surface area contributed by atoms with Gasteiger partial charge in [0, 0.05) is 0 Å². The smallest absolute Gasteiger partial charge is 0.323 e. The van der Waals surface area contributed by atoms with Gasteiger partial charge in [0.1, 0.15) is 5.54 Å². The van der Waals surface area contributed by atoms with Gasteiger partial charge in [-0.3, -0.25) is 4.79 Å². The fourth-order valence-electron chi connectivity index (χ4n) is 1.62. The van der Waals surface area contributed by atoms with Crippen molar-refractivity contribution in [3.05, 3.63) is 0 Å². The zero-order valence-corrected chi connectivity index (χ0v) is 13.1. The van der Waals surface area contributed by atoms with Crippen molar-refractivity contribution >= 4 is 17.7 Å². The summed E-state index contributed by atoms with van der Waals surface area (Å²) in [5, 5.41) is 12.4. The SMILES string of the molecule is CCCNC(C)(CCCSCCC(C)C)C(=O)O. The average Bonchev–Trinajstić information content (AvgIpc) is 2.30. The van der Waals surface area contributed by atoms with E-state index in [0.717, 1.165) is 31.1 Å². The molecule has 0 saturated heterocycles. The van der Waals surface area contributed by atoms with Gasteiger partial charge in [-0.15, -0.1) is 0 Å². The molecule has 18 heavy (non-hydrogen) atoms. The minimum atomic E-state index is -0.755. The van der Waals surface area contributed by atoms with Gasteiger partial charge in [0.15, 0.2) is 0 Å². The van der Waals surface area contributed by atoms with E-state index in [1.165, 1.54) is 12.2 Å². The molecular weight excluding hydrogens is 246 g/mol. The highest BCUT2D eigenvalue weighted by molar-refractivity contribution is 7.99. The van der Waals surface area contributed by atoms with E-state index in [2.05, 4.69) is 26.1 Å². The molecule has 0 aliphatic heterocycles. The maximum atomic E-state index is 11.3.